The van der Waals surface area contributed by atoms with Gasteiger partial charge in [0.1, 0.15) is 5.75 Å². The van der Waals surface area contributed by atoms with Crippen LogP contribution in [0.15, 0.2) is 30.9 Å². The number of amides is 1. The van der Waals surface area contributed by atoms with Crippen molar-refractivity contribution >= 4 is 11.6 Å². The molecule has 1 aromatic rings. The first kappa shape index (κ1) is 14.4. The summed E-state index contributed by atoms with van der Waals surface area (Å²) >= 11 is 0. The maximum absolute atomic E-state index is 12.8. The predicted octanol–water partition coefficient (Wildman–Crippen LogP) is 2.85. The Bertz CT molecular complexity index is 493. The van der Waals surface area contributed by atoms with Gasteiger partial charge < -0.3 is 15.4 Å². The predicted molar refractivity (Wildman–Crippen MR) is 80.9 cm³/mol. The van der Waals surface area contributed by atoms with E-state index in [0.29, 0.717) is 29.6 Å². The van der Waals surface area contributed by atoms with Crippen LogP contribution in [-0.4, -0.2) is 30.5 Å². The number of nitrogen functional groups attached to an aromatic ring is 1. The molecular weight excluding hydrogens is 252 g/mol. The Morgan fingerprint density at radius 1 is 1.50 bits per heavy atom. The monoisotopic (exact) mass is 274 g/mol. The lowest BCUT2D eigenvalue weighted by molar-refractivity contribution is 0.0707. The summed E-state index contributed by atoms with van der Waals surface area (Å²) in [4.78, 5) is 14.6. The highest BCUT2D eigenvalue weighted by Crippen LogP contribution is 2.29. The number of benzene rings is 1. The van der Waals surface area contributed by atoms with Crippen molar-refractivity contribution in [2.75, 3.05) is 19.4 Å². The fraction of sp³-hybridized carbons (Fsp3) is 0.438. The van der Waals surface area contributed by atoms with E-state index in [-0.39, 0.29) is 5.91 Å². The molecule has 1 fully saturated rings. The molecule has 20 heavy (non-hydrogen) atoms. The van der Waals surface area contributed by atoms with Gasteiger partial charge in [0.15, 0.2) is 0 Å². The van der Waals surface area contributed by atoms with Crippen molar-refractivity contribution in [2.45, 2.75) is 31.7 Å². The number of anilines is 1. The van der Waals surface area contributed by atoms with Gasteiger partial charge in [0.2, 0.25) is 0 Å². The highest BCUT2D eigenvalue weighted by molar-refractivity contribution is 6.00. The molecule has 0 unspecified atom stereocenters. The Hall–Kier alpha value is -1.97. The van der Waals surface area contributed by atoms with Gasteiger partial charge in [-0.25, -0.2) is 0 Å². The van der Waals surface area contributed by atoms with Crippen LogP contribution in [-0.2, 0) is 0 Å². The number of ether oxygens (including phenoxy) is 1. The van der Waals surface area contributed by atoms with E-state index in [1.807, 2.05) is 4.90 Å². The maximum atomic E-state index is 12.8. The largest absolute Gasteiger partial charge is 0.495 e. The number of nitrogens with two attached hydrogens (primary N) is 1. The Balaban J connectivity index is 2.29. The van der Waals surface area contributed by atoms with Crippen molar-refractivity contribution in [3.05, 3.63) is 36.4 Å². The van der Waals surface area contributed by atoms with Crippen molar-refractivity contribution in [3.63, 3.8) is 0 Å². The molecule has 108 valence electrons. The number of carbonyl (C=O) groups excluding carboxylic acids is 1. The SMILES string of the molecule is C=CCN(C(=O)c1cccc(OC)c1N)C1CCCC1. The second-order valence-electron chi connectivity index (χ2n) is 5.11. The fourth-order valence-corrected chi connectivity index (χ4v) is 2.82. The van der Waals surface area contributed by atoms with E-state index < -0.39 is 0 Å². The summed E-state index contributed by atoms with van der Waals surface area (Å²) in [6.45, 7) is 4.31. The highest BCUT2D eigenvalue weighted by atomic mass is 16.5. The number of methoxy groups -OCH3 is 1. The first-order chi connectivity index (χ1) is 9.69. The van der Waals surface area contributed by atoms with Crippen LogP contribution >= 0.6 is 0 Å². The number of rotatable bonds is 5. The molecule has 4 nitrogen and oxygen atoms in total. The molecule has 0 radical (unpaired) electrons. The van der Waals surface area contributed by atoms with Gasteiger partial charge in [0.25, 0.3) is 5.91 Å². The van der Waals surface area contributed by atoms with Gasteiger partial charge in [-0.3, -0.25) is 4.79 Å². The van der Waals surface area contributed by atoms with Gasteiger partial charge in [-0.15, -0.1) is 6.58 Å². The fourth-order valence-electron chi connectivity index (χ4n) is 2.82. The van der Waals surface area contributed by atoms with E-state index in [0.717, 1.165) is 12.8 Å². The third-order valence-electron chi connectivity index (χ3n) is 3.87. The Morgan fingerprint density at radius 2 is 2.20 bits per heavy atom. The quantitative estimate of drug-likeness (QED) is 0.663. The van der Waals surface area contributed by atoms with Crippen molar-refractivity contribution in [1.82, 2.24) is 4.90 Å². The topological polar surface area (TPSA) is 55.6 Å². The first-order valence-electron chi connectivity index (χ1n) is 7.03. The average molecular weight is 274 g/mol. The highest BCUT2D eigenvalue weighted by Gasteiger charge is 2.28. The van der Waals surface area contributed by atoms with Gasteiger partial charge in [0.05, 0.1) is 18.4 Å². The van der Waals surface area contributed by atoms with Crippen LogP contribution in [0.3, 0.4) is 0 Å². The normalized spacial score (nSPS) is 15.1. The van der Waals surface area contributed by atoms with Gasteiger partial charge in [-0.05, 0) is 25.0 Å². The Labute approximate surface area is 120 Å². The molecule has 0 bridgehead atoms. The summed E-state index contributed by atoms with van der Waals surface area (Å²) in [5, 5.41) is 0. The Kier molecular flexibility index (Phi) is 4.66. The summed E-state index contributed by atoms with van der Waals surface area (Å²) in [7, 11) is 1.55. The zero-order chi connectivity index (χ0) is 14.5. The smallest absolute Gasteiger partial charge is 0.256 e. The molecule has 1 aliphatic carbocycles. The molecule has 0 spiro atoms. The van der Waals surface area contributed by atoms with Gasteiger partial charge in [-0.2, -0.15) is 0 Å². The zero-order valence-corrected chi connectivity index (χ0v) is 12.0. The molecule has 1 aliphatic rings. The summed E-state index contributed by atoms with van der Waals surface area (Å²) in [6.07, 6.45) is 6.25. The minimum Gasteiger partial charge on any atom is -0.495 e. The molecule has 0 aliphatic heterocycles. The summed E-state index contributed by atoms with van der Waals surface area (Å²) in [5.41, 5.74) is 6.95. The minimum atomic E-state index is -0.0341. The average Bonchev–Trinajstić information content (AvgIpc) is 2.98. The van der Waals surface area contributed by atoms with Crippen LogP contribution in [0, 0.1) is 0 Å². The molecule has 0 heterocycles. The summed E-state index contributed by atoms with van der Waals surface area (Å²) in [5.74, 6) is 0.508. The minimum absolute atomic E-state index is 0.0341. The van der Waals surface area contributed by atoms with E-state index >= 15 is 0 Å². The van der Waals surface area contributed by atoms with Crippen LogP contribution in [0.2, 0.25) is 0 Å². The van der Waals surface area contributed by atoms with Crippen LogP contribution in [0.4, 0.5) is 5.69 Å². The van der Waals surface area contributed by atoms with E-state index in [9.17, 15) is 4.79 Å². The summed E-state index contributed by atoms with van der Waals surface area (Å²) < 4.78 is 5.19. The number of hydrogen-bond donors (Lipinski definition) is 1. The van der Waals surface area contributed by atoms with Crippen molar-refractivity contribution in [1.29, 1.82) is 0 Å². The lowest BCUT2D eigenvalue weighted by atomic mass is 10.1. The molecule has 1 saturated carbocycles. The van der Waals surface area contributed by atoms with Gasteiger partial charge in [-0.1, -0.05) is 25.0 Å². The van der Waals surface area contributed by atoms with Crippen LogP contribution in [0.5, 0.6) is 5.75 Å². The molecule has 0 aromatic heterocycles. The molecular formula is C16H22N2O2. The van der Waals surface area contributed by atoms with Gasteiger partial charge in [0, 0.05) is 12.6 Å². The van der Waals surface area contributed by atoms with E-state index in [2.05, 4.69) is 6.58 Å². The second-order valence-corrected chi connectivity index (χ2v) is 5.11. The van der Waals surface area contributed by atoms with Crippen molar-refractivity contribution < 1.29 is 9.53 Å². The zero-order valence-electron chi connectivity index (χ0n) is 12.0. The van der Waals surface area contributed by atoms with Crippen molar-refractivity contribution in [2.24, 2.45) is 0 Å². The number of carbonyl (C=O) groups is 1. The molecule has 1 aromatic carbocycles. The molecule has 2 rings (SSSR count). The number of nitrogens with zero attached hydrogens (tertiary/aromatic N) is 1. The third-order valence-corrected chi connectivity index (χ3v) is 3.87. The van der Waals surface area contributed by atoms with Crippen molar-refractivity contribution in [3.8, 4) is 5.75 Å². The van der Waals surface area contributed by atoms with Crippen LogP contribution in [0.1, 0.15) is 36.0 Å². The maximum Gasteiger partial charge on any atom is 0.256 e. The molecule has 4 heteroatoms. The molecule has 0 atom stereocenters. The second kappa shape index (κ2) is 6.46. The van der Waals surface area contributed by atoms with E-state index in [1.165, 1.54) is 12.8 Å². The molecule has 1 amide bonds. The standard InChI is InChI=1S/C16H22N2O2/c1-3-11-18(12-7-4-5-8-12)16(19)13-9-6-10-14(20-2)15(13)17/h3,6,9-10,12H,1,4-5,7-8,11,17H2,2H3. The lowest BCUT2D eigenvalue weighted by Gasteiger charge is -2.28. The first-order valence-corrected chi connectivity index (χ1v) is 7.03. The van der Waals surface area contributed by atoms with E-state index in [1.54, 1.807) is 31.4 Å². The number of para-hydroxylation sites is 1. The molecule has 2 N–H and O–H groups in total. The third kappa shape index (κ3) is 2.79. The lowest BCUT2D eigenvalue weighted by Crippen LogP contribution is -2.39. The van der Waals surface area contributed by atoms with Gasteiger partial charge >= 0.3 is 0 Å². The molecule has 0 saturated heterocycles. The number of hydrogen-bond acceptors (Lipinski definition) is 3. The summed E-state index contributed by atoms with van der Waals surface area (Å²) in [6, 6.07) is 5.61. The van der Waals surface area contributed by atoms with Crippen LogP contribution in [0.25, 0.3) is 0 Å². The Morgan fingerprint density at radius 3 is 2.80 bits per heavy atom. The van der Waals surface area contributed by atoms with Crippen LogP contribution < -0.4 is 10.5 Å². The van der Waals surface area contributed by atoms with E-state index in [4.69, 9.17) is 10.5 Å².